The Labute approximate surface area is 112 Å². The first-order valence-corrected chi connectivity index (χ1v) is 7.35. The number of primary sulfonamides is 1. The first kappa shape index (κ1) is 15.4. The van der Waals surface area contributed by atoms with E-state index in [-0.39, 0.29) is 16.3 Å². The van der Waals surface area contributed by atoms with Crippen molar-refractivity contribution in [3.8, 4) is 0 Å². The first-order valence-electron chi connectivity index (χ1n) is 5.80. The number of nitrogens with zero attached hydrogens (tertiary/aromatic N) is 2. The molecule has 0 spiro atoms. The lowest BCUT2D eigenvalue weighted by Crippen LogP contribution is -2.24. The maximum atomic E-state index is 11.5. The number of nitro benzene ring substituents is 1. The van der Waals surface area contributed by atoms with Crippen LogP contribution in [0.2, 0.25) is 0 Å². The smallest absolute Gasteiger partial charge is 0.293 e. The molecule has 0 saturated heterocycles. The highest BCUT2D eigenvalue weighted by molar-refractivity contribution is 7.89. The summed E-state index contributed by atoms with van der Waals surface area (Å²) in [5, 5.41) is 16.1. The number of nitrogens with two attached hydrogens (primary N) is 1. The van der Waals surface area contributed by atoms with E-state index in [1.807, 2.05) is 6.92 Å². The Kier molecular flexibility index (Phi) is 4.84. The highest BCUT2D eigenvalue weighted by atomic mass is 32.2. The molecule has 1 aromatic carbocycles. The van der Waals surface area contributed by atoms with Gasteiger partial charge >= 0.3 is 0 Å². The number of hydrogen-bond donors (Lipinski definition) is 1. The Hall–Kier alpha value is -1.67. The van der Waals surface area contributed by atoms with E-state index in [0.29, 0.717) is 6.54 Å². The van der Waals surface area contributed by atoms with Gasteiger partial charge in [-0.3, -0.25) is 10.1 Å². The van der Waals surface area contributed by atoms with E-state index in [0.717, 1.165) is 12.8 Å². The number of benzene rings is 1. The van der Waals surface area contributed by atoms with Crippen molar-refractivity contribution < 1.29 is 13.3 Å². The molecule has 2 N–H and O–H groups in total. The van der Waals surface area contributed by atoms with E-state index < -0.39 is 14.9 Å². The number of rotatable bonds is 6. The topological polar surface area (TPSA) is 107 Å². The maximum absolute atomic E-state index is 11.5. The van der Waals surface area contributed by atoms with Crippen LogP contribution in [0.5, 0.6) is 0 Å². The van der Waals surface area contributed by atoms with Crippen LogP contribution in [0.3, 0.4) is 0 Å². The summed E-state index contributed by atoms with van der Waals surface area (Å²) in [7, 11) is -2.39. The molecule has 1 rings (SSSR count). The molecule has 0 bridgehead atoms. The molecular weight excluding hydrogens is 270 g/mol. The van der Waals surface area contributed by atoms with Crippen molar-refractivity contribution in [3.05, 3.63) is 28.3 Å². The summed E-state index contributed by atoms with van der Waals surface area (Å²) < 4.78 is 23.1. The number of anilines is 1. The molecular formula is C11H17N3O4S. The summed E-state index contributed by atoms with van der Waals surface area (Å²) in [6.45, 7) is 2.50. The summed E-state index contributed by atoms with van der Waals surface area (Å²) in [4.78, 5) is 11.8. The summed E-state index contributed by atoms with van der Waals surface area (Å²) in [6, 6.07) is 3.86. The van der Waals surface area contributed by atoms with Gasteiger partial charge in [0.05, 0.1) is 4.92 Å². The molecule has 0 aliphatic rings. The third kappa shape index (κ3) is 3.65. The van der Waals surface area contributed by atoms with Crippen LogP contribution in [0.1, 0.15) is 19.8 Å². The average molecular weight is 287 g/mol. The zero-order valence-corrected chi connectivity index (χ0v) is 11.7. The van der Waals surface area contributed by atoms with Gasteiger partial charge in [-0.25, -0.2) is 13.6 Å². The third-order valence-corrected chi connectivity index (χ3v) is 3.65. The van der Waals surface area contributed by atoms with Crippen molar-refractivity contribution in [2.24, 2.45) is 5.14 Å². The molecule has 0 amide bonds. The van der Waals surface area contributed by atoms with E-state index in [9.17, 15) is 18.5 Å². The maximum Gasteiger partial charge on any atom is 0.293 e. The lowest BCUT2D eigenvalue weighted by Gasteiger charge is -2.21. The van der Waals surface area contributed by atoms with Gasteiger partial charge in [0.15, 0.2) is 0 Å². The van der Waals surface area contributed by atoms with E-state index in [4.69, 9.17) is 5.14 Å². The minimum absolute atomic E-state index is 0.0449. The monoisotopic (exact) mass is 287 g/mol. The second-order valence-electron chi connectivity index (χ2n) is 4.20. The van der Waals surface area contributed by atoms with Crippen LogP contribution in [-0.2, 0) is 10.0 Å². The second-order valence-corrected chi connectivity index (χ2v) is 5.73. The van der Waals surface area contributed by atoms with Crippen LogP contribution in [0.4, 0.5) is 11.4 Å². The molecule has 0 saturated carbocycles. The summed E-state index contributed by atoms with van der Waals surface area (Å²) in [5.41, 5.74) is -0.214. The van der Waals surface area contributed by atoms with Crippen LogP contribution in [0, 0.1) is 10.1 Å². The molecule has 0 radical (unpaired) electrons. The number of hydrogen-bond acceptors (Lipinski definition) is 5. The lowest BCUT2D eigenvalue weighted by molar-refractivity contribution is -0.384. The van der Waals surface area contributed by atoms with Crippen molar-refractivity contribution in [1.82, 2.24) is 0 Å². The number of nitro groups is 1. The molecule has 1 aromatic rings. The quantitative estimate of drug-likeness (QED) is 0.630. The highest BCUT2D eigenvalue weighted by Crippen LogP contribution is 2.33. The van der Waals surface area contributed by atoms with E-state index in [1.54, 1.807) is 11.9 Å². The Bertz CT molecular complexity index is 571. The van der Waals surface area contributed by atoms with Gasteiger partial charge in [0, 0.05) is 19.7 Å². The van der Waals surface area contributed by atoms with E-state index >= 15 is 0 Å². The number of unbranched alkanes of at least 4 members (excludes halogenated alkanes) is 1. The molecule has 19 heavy (non-hydrogen) atoms. The van der Waals surface area contributed by atoms with E-state index in [1.165, 1.54) is 18.2 Å². The number of para-hydroxylation sites is 1. The van der Waals surface area contributed by atoms with E-state index in [2.05, 4.69) is 0 Å². The molecule has 8 heteroatoms. The van der Waals surface area contributed by atoms with Crippen molar-refractivity contribution in [3.63, 3.8) is 0 Å². The van der Waals surface area contributed by atoms with Gasteiger partial charge < -0.3 is 4.90 Å². The van der Waals surface area contributed by atoms with Gasteiger partial charge in [-0.05, 0) is 12.5 Å². The average Bonchev–Trinajstić information content (AvgIpc) is 2.33. The van der Waals surface area contributed by atoms with Crippen molar-refractivity contribution in [2.75, 3.05) is 18.5 Å². The SMILES string of the molecule is CCCCN(C)c1c([N+](=O)[O-])cccc1S(N)(=O)=O. The van der Waals surface area contributed by atoms with Crippen molar-refractivity contribution in [2.45, 2.75) is 24.7 Å². The van der Waals surface area contributed by atoms with Gasteiger partial charge in [0.25, 0.3) is 5.69 Å². The van der Waals surface area contributed by atoms with Crippen LogP contribution in [0.25, 0.3) is 0 Å². The largest absolute Gasteiger partial charge is 0.368 e. The molecule has 0 fully saturated rings. The number of sulfonamides is 1. The van der Waals surface area contributed by atoms with Gasteiger partial charge in [-0.2, -0.15) is 0 Å². The fourth-order valence-corrected chi connectivity index (χ4v) is 2.58. The first-order chi connectivity index (χ1) is 8.79. The molecule has 0 heterocycles. The molecule has 0 unspecified atom stereocenters. The molecule has 106 valence electrons. The van der Waals surface area contributed by atoms with Gasteiger partial charge in [-0.1, -0.05) is 19.4 Å². The zero-order valence-electron chi connectivity index (χ0n) is 10.9. The molecule has 0 aliphatic carbocycles. The van der Waals surface area contributed by atoms with Gasteiger partial charge in [0.1, 0.15) is 10.6 Å². The standard InChI is InChI=1S/C11H17N3O4S/c1-3-4-8-13(2)11-9(14(15)16)6-5-7-10(11)19(12,17)18/h5-7H,3-4,8H2,1-2H3,(H2,12,17,18). The van der Waals surface area contributed by atoms with Crippen LogP contribution < -0.4 is 10.0 Å². The van der Waals surface area contributed by atoms with Crippen LogP contribution in [-0.4, -0.2) is 26.9 Å². The summed E-state index contributed by atoms with van der Waals surface area (Å²) >= 11 is 0. The lowest BCUT2D eigenvalue weighted by atomic mass is 10.2. The zero-order chi connectivity index (χ0) is 14.6. The normalized spacial score (nSPS) is 11.3. The predicted molar refractivity (Wildman–Crippen MR) is 72.6 cm³/mol. The second kappa shape index (κ2) is 5.98. The molecule has 0 atom stereocenters. The van der Waals surface area contributed by atoms with Crippen molar-refractivity contribution in [1.29, 1.82) is 0 Å². The predicted octanol–water partition coefficient (Wildman–Crippen LogP) is 1.48. The molecule has 0 aliphatic heterocycles. The highest BCUT2D eigenvalue weighted by Gasteiger charge is 2.25. The Morgan fingerprint density at radius 2 is 2.05 bits per heavy atom. The summed E-state index contributed by atoms with van der Waals surface area (Å²) in [6.07, 6.45) is 1.70. The molecule has 7 nitrogen and oxygen atoms in total. The van der Waals surface area contributed by atoms with Gasteiger partial charge in [-0.15, -0.1) is 0 Å². The minimum Gasteiger partial charge on any atom is -0.368 e. The van der Waals surface area contributed by atoms with Crippen LogP contribution >= 0.6 is 0 Å². The fraction of sp³-hybridized carbons (Fsp3) is 0.455. The fourth-order valence-electron chi connectivity index (χ4n) is 1.78. The molecule has 0 aromatic heterocycles. The Morgan fingerprint density at radius 1 is 1.42 bits per heavy atom. The Morgan fingerprint density at radius 3 is 2.53 bits per heavy atom. The Balaban J connectivity index is 3.42. The van der Waals surface area contributed by atoms with Gasteiger partial charge in [0.2, 0.25) is 10.0 Å². The van der Waals surface area contributed by atoms with Crippen LogP contribution in [0.15, 0.2) is 23.1 Å². The summed E-state index contributed by atoms with van der Waals surface area (Å²) in [5.74, 6) is 0. The minimum atomic E-state index is -4.01. The van der Waals surface area contributed by atoms with Crippen molar-refractivity contribution >= 4 is 21.4 Å². The third-order valence-electron chi connectivity index (χ3n) is 2.71.